The second-order valence-electron chi connectivity index (χ2n) is 5.15. The average Bonchev–Trinajstić information content (AvgIpc) is 2.99. The maximum atomic E-state index is 12.9. The molecule has 122 valence electrons. The van der Waals surface area contributed by atoms with Gasteiger partial charge in [-0.05, 0) is 23.8 Å². The van der Waals surface area contributed by atoms with Crippen molar-refractivity contribution in [3.8, 4) is 0 Å². The topological polar surface area (TPSA) is 64.0 Å². The number of hydrogen-bond acceptors (Lipinski definition) is 4. The predicted octanol–water partition coefficient (Wildman–Crippen LogP) is 2.67. The van der Waals surface area contributed by atoms with Gasteiger partial charge >= 0.3 is 0 Å². The zero-order valence-electron chi connectivity index (χ0n) is 12.6. The molecule has 1 N–H and O–H groups in total. The van der Waals surface area contributed by atoms with Gasteiger partial charge in [0.2, 0.25) is 5.91 Å². The Morgan fingerprint density at radius 1 is 1.21 bits per heavy atom. The van der Waals surface area contributed by atoms with E-state index in [1.165, 1.54) is 34.1 Å². The van der Waals surface area contributed by atoms with E-state index in [1.54, 1.807) is 36.7 Å². The number of carbonyl (C=O) groups excluding carboxylic acids is 1. The highest BCUT2D eigenvalue weighted by Crippen LogP contribution is 2.21. The van der Waals surface area contributed by atoms with Crippen LogP contribution >= 0.6 is 11.3 Å². The van der Waals surface area contributed by atoms with E-state index in [2.05, 4.69) is 10.3 Å². The molecule has 1 aromatic carbocycles. The van der Waals surface area contributed by atoms with Gasteiger partial charge in [0.1, 0.15) is 12.4 Å². The Bertz CT molecular complexity index is 902. The Kier molecular flexibility index (Phi) is 4.81. The summed E-state index contributed by atoms with van der Waals surface area (Å²) >= 11 is 1.35. The maximum Gasteiger partial charge on any atom is 0.250 e. The van der Waals surface area contributed by atoms with Crippen LogP contribution in [0, 0.1) is 5.82 Å². The summed E-state index contributed by atoms with van der Waals surface area (Å²) in [5, 5.41) is 3.15. The van der Waals surface area contributed by atoms with Crippen molar-refractivity contribution in [3.05, 3.63) is 81.5 Å². The van der Waals surface area contributed by atoms with Gasteiger partial charge < -0.3 is 9.88 Å². The minimum absolute atomic E-state index is 0.0629. The van der Waals surface area contributed by atoms with Crippen molar-refractivity contribution in [1.29, 1.82) is 0 Å². The largest absolute Gasteiger partial charge is 0.306 e. The van der Waals surface area contributed by atoms with Crippen molar-refractivity contribution in [1.82, 2.24) is 9.55 Å². The molecule has 0 aliphatic carbocycles. The van der Waals surface area contributed by atoms with Crippen LogP contribution in [0.3, 0.4) is 0 Å². The summed E-state index contributed by atoms with van der Waals surface area (Å²) in [6.45, 7) is -0.0629. The number of nitrogens with zero attached hydrogens (tertiary/aromatic N) is 2. The molecule has 5 nitrogen and oxygen atoms in total. The van der Waals surface area contributed by atoms with Crippen molar-refractivity contribution in [2.75, 3.05) is 5.32 Å². The van der Waals surface area contributed by atoms with Crippen molar-refractivity contribution >= 4 is 22.4 Å². The first-order valence-corrected chi connectivity index (χ1v) is 8.06. The summed E-state index contributed by atoms with van der Waals surface area (Å²) in [4.78, 5) is 28.7. The fraction of sp³-hybridized carbons (Fsp3) is 0.118. The van der Waals surface area contributed by atoms with E-state index in [1.807, 2.05) is 0 Å². The molecule has 3 rings (SSSR count). The number of nitrogens with one attached hydrogen (secondary N) is 1. The number of rotatable bonds is 5. The summed E-state index contributed by atoms with van der Waals surface area (Å²) in [5.74, 6) is -0.585. The van der Waals surface area contributed by atoms with Gasteiger partial charge in [-0.3, -0.25) is 9.59 Å². The van der Waals surface area contributed by atoms with Crippen LogP contribution in [0.2, 0.25) is 0 Å². The Morgan fingerprint density at radius 3 is 2.75 bits per heavy atom. The molecule has 24 heavy (non-hydrogen) atoms. The molecule has 0 bridgehead atoms. The number of halogens is 1. The molecule has 0 fully saturated rings. The van der Waals surface area contributed by atoms with Crippen molar-refractivity contribution < 1.29 is 9.18 Å². The van der Waals surface area contributed by atoms with E-state index < -0.39 is 0 Å². The minimum atomic E-state index is -0.314. The van der Waals surface area contributed by atoms with Gasteiger partial charge in [-0.2, -0.15) is 0 Å². The molecular weight excluding hydrogens is 329 g/mol. The first-order chi connectivity index (χ1) is 11.6. The first kappa shape index (κ1) is 16.1. The molecule has 0 atom stereocenters. The Labute approximate surface area is 141 Å². The van der Waals surface area contributed by atoms with Crippen LogP contribution < -0.4 is 10.9 Å². The van der Waals surface area contributed by atoms with Gasteiger partial charge in [0, 0.05) is 29.8 Å². The van der Waals surface area contributed by atoms with Crippen LogP contribution in [0.15, 0.2) is 59.7 Å². The number of carbonyl (C=O) groups is 1. The van der Waals surface area contributed by atoms with Crippen LogP contribution in [0.4, 0.5) is 9.52 Å². The molecule has 0 aliphatic heterocycles. The normalized spacial score (nSPS) is 10.5. The van der Waals surface area contributed by atoms with Crippen molar-refractivity contribution in [2.24, 2.45) is 0 Å². The van der Waals surface area contributed by atoms with E-state index in [9.17, 15) is 14.0 Å². The second-order valence-corrected chi connectivity index (χ2v) is 6.27. The third-order valence-corrected chi connectivity index (χ3v) is 4.22. The Morgan fingerprint density at radius 2 is 2.00 bits per heavy atom. The number of amides is 1. The molecule has 1 amide bonds. The maximum absolute atomic E-state index is 12.9. The lowest BCUT2D eigenvalue weighted by atomic mass is 10.1. The highest BCUT2D eigenvalue weighted by molar-refractivity contribution is 7.15. The average molecular weight is 343 g/mol. The van der Waals surface area contributed by atoms with Gasteiger partial charge in [0.05, 0.1) is 0 Å². The van der Waals surface area contributed by atoms with Crippen molar-refractivity contribution in [3.63, 3.8) is 0 Å². The van der Waals surface area contributed by atoms with Gasteiger partial charge in [-0.15, -0.1) is 11.3 Å². The summed E-state index contributed by atoms with van der Waals surface area (Å²) in [6.07, 6.45) is 3.86. The minimum Gasteiger partial charge on any atom is -0.306 e. The van der Waals surface area contributed by atoms with Gasteiger partial charge in [-0.1, -0.05) is 18.2 Å². The smallest absolute Gasteiger partial charge is 0.250 e. The SMILES string of the molecule is O=C(Cn1ccccc1=O)Nc1ncc(Cc2ccc(F)cc2)s1. The summed E-state index contributed by atoms with van der Waals surface area (Å²) in [7, 11) is 0. The molecule has 7 heteroatoms. The highest BCUT2D eigenvalue weighted by Gasteiger charge is 2.08. The number of anilines is 1. The zero-order valence-corrected chi connectivity index (χ0v) is 13.4. The third-order valence-electron chi connectivity index (χ3n) is 3.30. The standard InChI is InChI=1S/C17H14FN3O2S/c18-13-6-4-12(5-7-13)9-14-10-19-17(24-14)20-15(22)11-21-8-2-1-3-16(21)23/h1-8,10H,9,11H2,(H,19,20,22). The first-order valence-electron chi connectivity index (χ1n) is 7.24. The fourth-order valence-electron chi connectivity index (χ4n) is 2.16. The molecular formula is C17H14FN3O2S. The lowest BCUT2D eigenvalue weighted by Crippen LogP contribution is -2.26. The third kappa shape index (κ3) is 4.14. The molecule has 0 radical (unpaired) electrons. The molecule has 0 aliphatic rings. The van der Waals surface area contributed by atoms with Crippen LogP contribution in [-0.2, 0) is 17.8 Å². The predicted molar refractivity (Wildman–Crippen MR) is 90.7 cm³/mol. The van der Waals surface area contributed by atoms with Crippen LogP contribution in [0.25, 0.3) is 0 Å². The number of aromatic nitrogens is 2. The lowest BCUT2D eigenvalue weighted by Gasteiger charge is -2.04. The van der Waals surface area contributed by atoms with E-state index in [-0.39, 0.29) is 23.8 Å². The molecule has 0 saturated heterocycles. The summed E-state index contributed by atoms with van der Waals surface area (Å²) < 4.78 is 14.2. The Hall–Kier alpha value is -2.80. The van der Waals surface area contributed by atoms with Crippen LogP contribution in [0.5, 0.6) is 0 Å². The van der Waals surface area contributed by atoms with E-state index >= 15 is 0 Å². The number of benzene rings is 1. The molecule has 0 saturated carbocycles. The molecule has 0 spiro atoms. The monoisotopic (exact) mass is 343 g/mol. The van der Waals surface area contributed by atoms with E-state index in [0.717, 1.165) is 10.4 Å². The lowest BCUT2D eigenvalue weighted by molar-refractivity contribution is -0.116. The molecule has 2 heterocycles. The van der Waals surface area contributed by atoms with Gasteiger partial charge in [0.15, 0.2) is 5.13 Å². The summed E-state index contributed by atoms with van der Waals surface area (Å²) in [6, 6.07) is 11.0. The van der Waals surface area contributed by atoms with Crippen molar-refractivity contribution in [2.45, 2.75) is 13.0 Å². The van der Waals surface area contributed by atoms with Crippen LogP contribution in [0.1, 0.15) is 10.4 Å². The van der Waals surface area contributed by atoms with E-state index in [0.29, 0.717) is 11.6 Å². The Balaban J connectivity index is 1.61. The second kappa shape index (κ2) is 7.18. The van der Waals surface area contributed by atoms with Gasteiger partial charge in [-0.25, -0.2) is 9.37 Å². The van der Waals surface area contributed by atoms with E-state index in [4.69, 9.17) is 0 Å². The quantitative estimate of drug-likeness (QED) is 0.775. The highest BCUT2D eigenvalue weighted by atomic mass is 32.1. The molecule has 3 aromatic rings. The number of pyridine rings is 1. The fourth-order valence-corrected chi connectivity index (χ4v) is 3.02. The van der Waals surface area contributed by atoms with Crippen LogP contribution in [-0.4, -0.2) is 15.5 Å². The number of hydrogen-bond donors (Lipinski definition) is 1. The summed E-state index contributed by atoms with van der Waals surface area (Å²) in [5.41, 5.74) is 0.734. The number of thiazole rings is 1. The zero-order chi connectivity index (χ0) is 16.9. The van der Waals surface area contributed by atoms with Gasteiger partial charge in [0.25, 0.3) is 5.56 Å². The molecule has 2 aromatic heterocycles. The molecule has 0 unspecified atom stereocenters.